The maximum absolute atomic E-state index is 10.7. The van der Waals surface area contributed by atoms with Crippen molar-refractivity contribution in [2.75, 3.05) is 34.4 Å². The second kappa shape index (κ2) is 10.3. The molecule has 0 radical (unpaired) electrons. The van der Waals surface area contributed by atoms with E-state index in [0.717, 1.165) is 58.1 Å². The van der Waals surface area contributed by atoms with Gasteiger partial charge >= 0.3 is 0 Å². The fourth-order valence-corrected chi connectivity index (χ4v) is 7.72. The largest absolute Gasteiger partial charge is 0.489 e. The molecule has 40 heavy (non-hydrogen) atoms. The lowest BCUT2D eigenvalue weighted by Crippen LogP contribution is -2.68. The number of ether oxygens (including phenoxy) is 5. The zero-order valence-electron chi connectivity index (χ0n) is 24.4. The van der Waals surface area contributed by atoms with Crippen LogP contribution in [0.3, 0.4) is 0 Å². The summed E-state index contributed by atoms with van der Waals surface area (Å²) < 4.78 is 30.1. The highest BCUT2D eigenvalue weighted by molar-refractivity contribution is 5.66. The Morgan fingerprint density at radius 1 is 1.07 bits per heavy atom. The first-order chi connectivity index (χ1) is 19.4. The Bertz CT molecular complexity index is 1400. The molecule has 0 aliphatic carbocycles. The van der Waals surface area contributed by atoms with E-state index in [0.29, 0.717) is 13.0 Å². The van der Waals surface area contributed by atoms with Crippen molar-refractivity contribution in [2.24, 2.45) is 0 Å². The van der Waals surface area contributed by atoms with Crippen molar-refractivity contribution >= 4 is 0 Å². The summed E-state index contributed by atoms with van der Waals surface area (Å²) in [5.41, 5.74) is 8.02. The Labute approximate surface area is 237 Å². The van der Waals surface area contributed by atoms with Crippen molar-refractivity contribution in [3.63, 3.8) is 0 Å². The first-order valence-corrected chi connectivity index (χ1v) is 14.2. The minimum Gasteiger partial charge on any atom is -0.489 e. The average Bonchev–Trinajstić information content (AvgIpc) is 3.44. The number of fused-ring (bicyclic) bond motifs is 9. The number of nitriles is 1. The predicted molar refractivity (Wildman–Crippen MR) is 151 cm³/mol. The number of benzene rings is 2. The molecule has 2 aromatic carbocycles. The summed E-state index contributed by atoms with van der Waals surface area (Å²) in [4.78, 5) is 4.90. The van der Waals surface area contributed by atoms with Gasteiger partial charge in [0, 0.05) is 47.5 Å². The molecule has 1 saturated heterocycles. The van der Waals surface area contributed by atoms with Crippen molar-refractivity contribution in [1.82, 2.24) is 9.80 Å². The molecule has 4 aliphatic rings. The van der Waals surface area contributed by atoms with Gasteiger partial charge in [-0.2, -0.15) is 5.26 Å². The monoisotopic (exact) mass is 545 g/mol. The predicted octanol–water partition coefficient (Wildman–Crippen LogP) is 5.07. The van der Waals surface area contributed by atoms with Gasteiger partial charge < -0.3 is 23.7 Å². The van der Waals surface area contributed by atoms with Crippen molar-refractivity contribution in [3.05, 3.63) is 57.7 Å². The zero-order chi connectivity index (χ0) is 28.3. The van der Waals surface area contributed by atoms with E-state index in [-0.39, 0.29) is 43.8 Å². The molecular weight excluding hydrogens is 506 g/mol. The zero-order valence-corrected chi connectivity index (χ0v) is 24.4. The van der Waals surface area contributed by atoms with Gasteiger partial charge in [-0.25, -0.2) is 0 Å². The fourth-order valence-electron chi connectivity index (χ4n) is 7.72. The number of aryl methyl sites for hydroxylation is 1. The van der Waals surface area contributed by atoms with E-state index in [9.17, 15) is 5.26 Å². The second-order valence-corrected chi connectivity index (χ2v) is 11.4. The molecule has 0 aromatic heterocycles. The van der Waals surface area contributed by atoms with Crippen molar-refractivity contribution in [1.29, 1.82) is 5.26 Å². The van der Waals surface area contributed by atoms with Crippen molar-refractivity contribution in [3.8, 4) is 29.1 Å². The number of hydrogen-bond acceptors (Lipinski definition) is 8. The van der Waals surface area contributed by atoms with Gasteiger partial charge in [-0.15, -0.1) is 0 Å². The van der Waals surface area contributed by atoms with Gasteiger partial charge in [0.1, 0.15) is 24.1 Å². The molecule has 2 unspecified atom stereocenters. The molecular formula is C32H39N3O5. The minimum atomic E-state index is -0.278. The number of likely N-dealkylation sites (N-methyl/N-ethyl adjacent to an activating group) is 1. The van der Waals surface area contributed by atoms with E-state index in [4.69, 9.17) is 23.7 Å². The van der Waals surface area contributed by atoms with Crippen LogP contribution in [-0.4, -0.2) is 62.3 Å². The van der Waals surface area contributed by atoms with Crippen LogP contribution in [0.1, 0.15) is 64.4 Å². The van der Waals surface area contributed by atoms with E-state index in [1.165, 1.54) is 16.7 Å². The summed E-state index contributed by atoms with van der Waals surface area (Å²) >= 11 is 0. The lowest BCUT2D eigenvalue weighted by Gasteiger charge is -2.60. The number of nitrogens with zero attached hydrogens (tertiary/aromatic N) is 3. The van der Waals surface area contributed by atoms with Gasteiger partial charge in [-0.05, 0) is 63.8 Å². The second-order valence-electron chi connectivity index (χ2n) is 11.4. The third kappa shape index (κ3) is 3.75. The first kappa shape index (κ1) is 26.9. The van der Waals surface area contributed by atoms with E-state index >= 15 is 0 Å². The highest BCUT2D eigenvalue weighted by Gasteiger charge is 2.56. The van der Waals surface area contributed by atoms with Gasteiger partial charge in [0.15, 0.2) is 18.3 Å². The Morgan fingerprint density at radius 2 is 1.85 bits per heavy atom. The van der Waals surface area contributed by atoms with Crippen LogP contribution in [0, 0.1) is 32.1 Å². The molecule has 8 heteroatoms. The smallest absolute Gasteiger partial charge is 0.231 e. The normalized spacial score (nSPS) is 26.4. The molecule has 4 aliphatic heterocycles. The van der Waals surface area contributed by atoms with Crippen LogP contribution >= 0.6 is 0 Å². The maximum atomic E-state index is 10.7. The van der Waals surface area contributed by atoms with Crippen LogP contribution in [0.5, 0.6) is 23.0 Å². The Balaban J connectivity index is 1.59. The van der Waals surface area contributed by atoms with Crippen LogP contribution < -0.4 is 18.9 Å². The SMILES string of the molecule is C=CCOc1c(C)c2c(c3c1CC1C4c5c(cc(C)c(C)c5OCOC)C[C@H]([C@H](C#N)N1[C@H]3CC)N4C)OCO2. The molecule has 0 N–H and O–H groups in total. The molecule has 5 atom stereocenters. The number of methoxy groups -OCH3 is 1. The molecule has 212 valence electrons. The van der Waals surface area contributed by atoms with Crippen LogP contribution in [0.15, 0.2) is 18.7 Å². The van der Waals surface area contributed by atoms with Crippen LogP contribution in [0.4, 0.5) is 0 Å². The summed E-state index contributed by atoms with van der Waals surface area (Å²) in [6, 6.07) is 4.85. The lowest BCUT2D eigenvalue weighted by molar-refractivity contribution is -0.0744. The van der Waals surface area contributed by atoms with Crippen LogP contribution in [0.2, 0.25) is 0 Å². The van der Waals surface area contributed by atoms with E-state index in [1.54, 1.807) is 13.2 Å². The average molecular weight is 546 g/mol. The number of rotatable bonds is 7. The summed E-state index contributed by atoms with van der Waals surface area (Å²) in [5, 5.41) is 10.7. The molecule has 0 saturated carbocycles. The maximum Gasteiger partial charge on any atom is 0.231 e. The third-order valence-corrected chi connectivity index (χ3v) is 9.46. The molecule has 0 amide bonds. The molecule has 1 fully saturated rings. The topological polar surface area (TPSA) is 76.4 Å². The highest BCUT2D eigenvalue weighted by atomic mass is 16.7. The van der Waals surface area contributed by atoms with Crippen molar-refractivity contribution in [2.45, 2.75) is 77.2 Å². The van der Waals surface area contributed by atoms with Gasteiger partial charge in [-0.1, -0.05) is 25.6 Å². The molecule has 4 heterocycles. The summed E-state index contributed by atoms with van der Waals surface area (Å²) in [7, 11) is 3.83. The van der Waals surface area contributed by atoms with Gasteiger partial charge in [-0.3, -0.25) is 9.80 Å². The number of hydrogen-bond donors (Lipinski definition) is 0. The van der Waals surface area contributed by atoms with E-state index < -0.39 is 0 Å². The quantitative estimate of drug-likeness (QED) is 0.353. The van der Waals surface area contributed by atoms with E-state index in [1.807, 2.05) is 6.92 Å². The van der Waals surface area contributed by atoms with Gasteiger partial charge in [0.05, 0.1) is 12.1 Å². The Kier molecular flexibility index (Phi) is 6.94. The summed E-state index contributed by atoms with van der Waals surface area (Å²) in [6.07, 6.45) is 4.11. The van der Waals surface area contributed by atoms with E-state index in [2.05, 4.69) is 56.3 Å². The Hall–Kier alpha value is -3.25. The van der Waals surface area contributed by atoms with Gasteiger partial charge in [0.25, 0.3) is 0 Å². The standard InChI is InChI=1S/C32H39N3O5/c1-8-10-37-29-19(5)31-32(40-16-39-31)27-21(29)13-24-28-26-20(11-17(3)18(4)30(26)38-15-36-7)12-23(34(28)6)25(14-33)35(24)22(27)9-2/h8,11,22-25,28H,1,9-10,12-13,15-16H2,2-7H3/t22-,23+,24?,25-,28?/m0/s1. The highest BCUT2D eigenvalue weighted by Crippen LogP contribution is 2.58. The van der Waals surface area contributed by atoms with Gasteiger partial charge in [0.2, 0.25) is 6.79 Å². The van der Waals surface area contributed by atoms with Crippen LogP contribution in [0.25, 0.3) is 0 Å². The Morgan fingerprint density at radius 3 is 2.55 bits per heavy atom. The molecule has 6 rings (SSSR count). The minimum absolute atomic E-state index is 0.0179. The fraction of sp³-hybridized carbons (Fsp3) is 0.531. The molecule has 2 aromatic rings. The summed E-state index contributed by atoms with van der Waals surface area (Å²) in [6.45, 7) is 13.2. The molecule has 2 bridgehead atoms. The third-order valence-electron chi connectivity index (χ3n) is 9.46. The van der Waals surface area contributed by atoms with Crippen LogP contribution in [-0.2, 0) is 17.6 Å². The first-order valence-electron chi connectivity index (χ1n) is 14.2. The number of piperazine rings is 1. The summed E-state index contributed by atoms with van der Waals surface area (Å²) in [5.74, 6) is 3.32. The molecule has 0 spiro atoms. The molecule has 8 nitrogen and oxygen atoms in total. The van der Waals surface area contributed by atoms with Crippen molar-refractivity contribution < 1.29 is 23.7 Å². The lowest BCUT2D eigenvalue weighted by atomic mass is 9.71.